The van der Waals surface area contributed by atoms with Gasteiger partial charge in [-0.1, -0.05) is 102 Å². The van der Waals surface area contributed by atoms with Crippen molar-refractivity contribution in [1.29, 1.82) is 0 Å². The first-order chi connectivity index (χ1) is 21.5. The van der Waals surface area contributed by atoms with Crippen LogP contribution in [0, 0.1) is 6.92 Å². The molecule has 0 aromatic heterocycles. The zero-order valence-electron chi connectivity index (χ0n) is 24.9. The van der Waals surface area contributed by atoms with Gasteiger partial charge in [0.05, 0.1) is 20.6 Å². The summed E-state index contributed by atoms with van der Waals surface area (Å²) in [6.45, 7) is 3.53. The predicted octanol–water partition coefficient (Wildman–Crippen LogP) is 7.32. The van der Waals surface area contributed by atoms with Crippen LogP contribution in [0.25, 0.3) is 0 Å². The number of benzene rings is 4. The highest BCUT2D eigenvalue weighted by atomic mass is 35.5. The first-order valence-electron chi connectivity index (χ1n) is 14.4. The van der Waals surface area contributed by atoms with Crippen LogP contribution in [0.2, 0.25) is 15.1 Å². The van der Waals surface area contributed by atoms with Gasteiger partial charge in [0, 0.05) is 24.5 Å². The summed E-state index contributed by atoms with van der Waals surface area (Å²) < 4.78 is 29.2. The number of carbonyl (C=O) groups is 2. The Morgan fingerprint density at radius 2 is 1.47 bits per heavy atom. The number of carbonyl (C=O) groups excluding carboxylic acids is 2. The van der Waals surface area contributed by atoms with Gasteiger partial charge in [0.25, 0.3) is 10.0 Å². The molecule has 0 heterocycles. The van der Waals surface area contributed by atoms with E-state index in [9.17, 15) is 18.0 Å². The lowest BCUT2D eigenvalue weighted by Crippen LogP contribution is -2.53. The molecule has 4 rings (SSSR count). The Bertz CT molecular complexity index is 1740. The van der Waals surface area contributed by atoms with Crippen molar-refractivity contribution in [3.63, 3.8) is 0 Å². The molecule has 0 saturated heterocycles. The molecule has 11 heteroatoms. The molecule has 1 atom stereocenters. The molecule has 2 amide bonds. The normalized spacial score (nSPS) is 11.9. The minimum absolute atomic E-state index is 0.00653. The highest BCUT2D eigenvalue weighted by Crippen LogP contribution is 2.29. The average Bonchev–Trinajstić information content (AvgIpc) is 3.04. The molecule has 45 heavy (non-hydrogen) atoms. The zero-order chi connectivity index (χ0) is 32.6. The van der Waals surface area contributed by atoms with Gasteiger partial charge in [-0.05, 0) is 66.4 Å². The summed E-state index contributed by atoms with van der Waals surface area (Å²) in [4.78, 5) is 29.6. The van der Waals surface area contributed by atoms with Crippen LogP contribution in [0.3, 0.4) is 0 Å². The van der Waals surface area contributed by atoms with Gasteiger partial charge in [0.2, 0.25) is 11.8 Å². The molecule has 4 aromatic rings. The third-order valence-corrected chi connectivity index (χ3v) is 10.1. The van der Waals surface area contributed by atoms with Crippen LogP contribution in [-0.2, 0) is 32.6 Å². The molecule has 0 bridgehead atoms. The average molecular weight is 687 g/mol. The number of nitrogens with one attached hydrogen (secondary N) is 1. The Morgan fingerprint density at radius 1 is 0.800 bits per heavy atom. The monoisotopic (exact) mass is 685 g/mol. The quantitative estimate of drug-likeness (QED) is 0.160. The molecule has 0 saturated carbocycles. The number of hydrogen-bond donors (Lipinski definition) is 1. The Hall–Kier alpha value is -3.56. The smallest absolute Gasteiger partial charge is 0.264 e. The maximum Gasteiger partial charge on any atom is 0.264 e. The van der Waals surface area contributed by atoms with Gasteiger partial charge in [-0.25, -0.2) is 8.42 Å². The highest BCUT2D eigenvalue weighted by Gasteiger charge is 2.34. The molecule has 4 aromatic carbocycles. The lowest BCUT2D eigenvalue weighted by Gasteiger charge is -2.34. The van der Waals surface area contributed by atoms with Crippen LogP contribution < -0.4 is 9.62 Å². The minimum Gasteiger partial charge on any atom is -0.354 e. The van der Waals surface area contributed by atoms with E-state index in [1.807, 2.05) is 37.3 Å². The summed E-state index contributed by atoms with van der Waals surface area (Å²) in [5.74, 6) is -0.949. The van der Waals surface area contributed by atoms with Crippen molar-refractivity contribution in [2.45, 2.75) is 44.2 Å². The SMILES string of the molecule is CCCNC(=O)C(Cc1ccccc1)N(Cc1ccc(Cl)c(Cl)c1)C(=O)CN(c1ccc(C)c(Cl)c1)S(=O)(=O)c1ccccc1. The summed E-state index contributed by atoms with van der Waals surface area (Å²) >= 11 is 18.9. The van der Waals surface area contributed by atoms with Crippen molar-refractivity contribution < 1.29 is 18.0 Å². The number of sulfonamides is 1. The number of aryl methyl sites for hydroxylation is 1. The summed E-state index contributed by atoms with van der Waals surface area (Å²) in [6.07, 6.45) is 0.896. The summed E-state index contributed by atoms with van der Waals surface area (Å²) in [5.41, 5.74) is 2.42. The third-order valence-electron chi connectivity index (χ3n) is 7.21. The van der Waals surface area contributed by atoms with Crippen molar-refractivity contribution in [3.05, 3.63) is 129 Å². The van der Waals surface area contributed by atoms with Crippen LogP contribution >= 0.6 is 34.8 Å². The van der Waals surface area contributed by atoms with E-state index in [2.05, 4.69) is 5.32 Å². The second kappa shape index (κ2) is 15.6. The van der Waals surface area contributed by atoms with Gasteiger partial charge in [0.1, 0.15) is 12.6 Å². The van der Waals surface area contributed by atoms with Crippen LogP contribution in [0.1, 0.15) is 30.0 Å². The Balaban J connectivity index is 1.82. The third kappa shape index (κ3) is 8.79. The minimum atomic E-state index is -4.23. The second-order valence-electron chi connectivity index (χ2n) is 10.5. The number of hydrogen-bond acceptors (Lipinski definition) is 4. The van der Waals surface area contributed by atoms with Crippen molar-refractivity contribution in [2.24, 2.45) is 0 Å². The van der Waals surface area contributed by atoms with E-state index in [-0.39, 0.29) is 29.5 Å². The van der Waals surface area contributed by atoms with E-state index in [4.69, 9.17) is 34.8 Å². The van der Waals surface area contributed by atoms with Crippen molar-refractivity contribution in [3.8, 4) is 0 Å². The molecule has 7 nitrogen and oxygen atoms in total. The summed E-state index contributed by atoms with van der Waals surface area (Å²) in [6, 6.07) is 26.0. The fourth-order valence-electron chi connectivity index (χ4n) is 4.74. The fraction of sp³-hybridized carbons (Fsp3) is 0.235. The first kappa shape index (κ1) is 34.3. The van der Waals surface area contributed by atoms with Crippen LogP contribution in [0.4, 0.5) is 5.69 Å². The lowest BCUT2D eigenvalue weighted by atomic mass is 10.0. The van der Waals surface area contributed by atoms with Gasteiger partial charge < -0.3 is 10.2 Å². The van der Waals surface area contributed by atoms with E-state index in [1.54, 1.807) is 55.5 Å². The number of rotatable bonds is 13. The largest absolute Gasteiger partial charge is 0.354 e. The zero-order valence-corrected chi connectivity index (χ0v) is 28.0. The number of halogens is 3. The van der Waals surface area contributed by atoms with Crippen molar-refractivity contribution in [1.82, 2.24) is 10.2 Å². The fourth-order valence-corrected chi connectivity index (χ4v) is 6.66. The highest BCUT2D eigenvalue weighted by molar-refractivity contribution is 7.92. The van der Waals surface area contributed by atoms with Gasteiger partial charge in [0.15, 0.2) is 0 Å². The van der Waals surface area contributed by atoms with Crippen molar-refractivity contribution >= 4 is 62.3 Å². The van der Waals surface area contributed by atoms with Crippen LogP contribution in [0.15, 0.2) is 102 Å². The van der Waals surface area contributed by atoms with E-state index in [0.717, 1.165) is 15.4 Å². The standard InChI is InChI=1S/C34H34Cl3N3O4S/c1-3-18-38-34(42)32(20-25-10-6-4-7-11-25)39(22-26-15-17-29(35)31(37)19-26)33(41)23-40(27-16-14-24(2)30(36)21-27)45(43,44)28-12-8-5-9-13-28/h4-17,19,21,32H,3,18,20,22-23H2,1-2H3,(H,38,42). The van der Waals surface area contributed by atoms with Crippen molar-refractivity contribution in [2.75, 3.05) is 17.4 Å². The Morgan fingerprint density at radius 3 is 2.09 bits per heavy atom. The summed E-state index contributed by atoms with van der Waals surface area (Å²) in [5, 5.41) is 3.90. The van der Waals surface area contributed by atoms with Gasteiger partial charge in [-0.15, -0.1) is 0 Å². The molecule has 0 spiro atoms. The Labute approximate surface area is 279 Å². The molecular formula is C34H34Cl3N3O4S. The molecule has 1 unspecified atom stereocenters. The molecule has 0 radical (unpaired) electrons. The maximum absolute atomic E-state index is 14.5. The van der Waals surface area contributed by atoms with E-state index in [0.29, 0.717) is 33.6 Å². The lowest BCUT2D eigenvalue weighted by molar-refractivity contribution is -0.140. The summed E-state index contributed by atoms with van der Waals surface area (Å²) in [7, 11) is -4.23. The Kier molecular flexibility index (Phi) is 11.9. The van der Waals surface area contributed by atoms with Gasteiger partial charge in [-0.3, -0.25) is 13.9 Å². The maximum atomic E-state index is 14.5. The van der Waals surface area contributed by atoms with E-state index >= 15 is 0 Å². The first-order valence-corrected chi connectivity index (χ1v) is 17.0. The van der Waals surface area contributed by atoms with E-state index < -0.39 is 28.5 Å². The second-order valence-corrected chi connectivity index (χ2v) is 13.6. The van der Waals surface area contributed by atoms with Crippen LogP contribution in [0.5, 0.6) is 0 Å². The van der Waals surface area contributed by atoms with Gasteiger partial charge >= 0.3 is 0 Å². The number of amides is 2. The molecule has 0 aliphatic rings. The molecule has 0 aliphatic heterocycles. The molecule has 0 fully saturated rings. The van der Waals surface area contributed by atoms with Crippen LogP contribution in [-0.4, -0.2) is 44.3 Å². The topological polar surface area (TPSA) is 86.8 Å². The molecule has 0 aliphatic carbocycles. The number of nitrogens with zero attached hydrogens (tertiary/aromatic N) is 2. The molecule has 1 N–H and O–H groups in total. The van der Waals surface area contributed by atoms with Gasteiger partial charge in [-0.2, -0.15) is 0 Å². The number of anilines is 1. The molecule has 236 valence electrons. The molecular weight excluding hydrogens is 653 g/mol. The van der Waals surface area contributed by atoms with E-state index in [1.165, 1.54) is 23.1 Å². The predicted molar refractivity (Wildman–Crippen MR) is 181 cm³/mol.